The average molecular weight is 501 g/mol. The molecule has 0 amide bonds. The Labute approximate surface area is 185 Å². The van der Waals surface area contributed by atoms with Crippen LogP contribution in [0.15, 0.2) is 44.5 Å². The van der Waals surface area contributed by atoms with E-state index >= 15 is 0 Å². The molecule has 12 nitrogen and oxygen atoms in total. The van der Waals surface area contributed by atoms with E-state index in [4.69, 9.17) is 4.63 Å². The Morgan fingerprint density at radius 1 is 1.39 bits per heavy atom. The second-order valence-electron chi connectivity index (χ2n) is 7.22. The number of hydrogen-bond donors (Lipinski definition) is 5. The number of benzene rings is 1. The van der Waals surface area contributed by atoms with Gasteiger partial charge in [0.25, 0.3) is 6.20 Å². The number of amidine groups is 1. The molecule has 0 spiro atoms. The maximum Gasteiger partial charge on any atom is 0.274 e. The number of halogens is 2. The lowest BCUT2D eigenvalue weighted by Crippen LogP contribution is -2.41. The molecule has 31 heavy (non-hydrogen) atoms. The molecule has 0 unspecified atom stereocenters. The number of aromatic nitrogens is 2. The molecular formula is C17H22BrFN8O4. The van der Waals surface area contributed by atoms with Crippen molar-refractivity contribution in [2.75, 3.05) is 23.7 Å². The Morgan fingerprint density at radius 3 is 2.74 bits per heavy atom. The summed E-state index contributed by atoms with van der Waals surface area (Å²) >= 11 is 3.07. The number of nitro groups is 1. The van der Waals surface area contributed by atoms with Crippen molar-refractivity contribution in [3.63, 3.8) is 0 Å². The molecule has 5 N–H and O–H groups in total. The molecule has 1 aromatic heterocycles. The Bertz CT molecular complexity index is 973. The summed E-state index contributed by atoms with van der Waals surface area (Å²) in [5, 5.41) is 42.4. The summed E-state index contributed by atoms with van der Waals surface area (Å²) in [6.45, 7) is 6.19. The van der Waals surface area contributed by atoms with Gasteiger partial charge in [0.2, 0.25) is 11.7 Å². The minimum absolute atomic E-state index is 0.0804. The van der Waals surface area contributed by atoms with E-state index in [-0.39, 0.29) is 39.7 Å². The van der Waals surface area contributed by atoms with Gasteiger partial charge in [-0.1, -0.05) is 5.16 Å². The zero-order valence-electron chi connectivity index (χ0n) is 16.9. The van der Waals surface area contributed by atoms with Gasteiger partial charge in [-0.2, -0.15) is 0 Å². The van der Waals surface area contributed by atoms with Gasteiger partial charge in [0.05, 0.1) is 9.40 Å². The molecule has 14 heteroatoms. The molecule has 2 aromatic rings. The Hall–Kier alpha value is -3.42. The maximum absolute atomic E-state index is 13.4. The standard InChI is InChI=1S/C17H22BrFN8O4/c1-17(2,3)23-13(9-27(29)30)20-6-7-21-15-14(25-31-26-15)16(24-28)22-10-4-5-12(19)11(18)8-10/h4-5,8-9,20,23,28H,6-7H2,1-3H3,(H,21,26)(H,22,24). The first-order valence-electron chi connectivity index (χ1n) is 8.97. The number of nitrogens with zero attached hydrogens (tertiary/aromatic N) is 4. The van der Waals surface area contributed by atoms with Crippen molar-refractivity contribution in [3.05, 3.63) is 56.3 Å². The van der Waals surface area contributed by atoms with Crippen LogP contribution in [0.4, 0.5) is 15.9 Å². The summed E-state index contributed by atoms with van der Waals surface area (Å²) in [5.74, 6) is -0.109. The fourth-order valence-electron chi connectivity index (χ4n) is 2.31. The van der Waals surface area contributed by atoms with Gasteiger partial charge < -0.3 is 26.5 Å². The molecule has 2 rings (SSSR count). The first-order chi connectivity index (χ1) is 14.6. The molecule has 0 saturated carbocycles. The predicted octanol–water partition coefficient (Wildman–Crippen LogP) is 2.68. The zero-order chi connectivity index (χ0) is 23.0. The quantitative estimate of drug-likeness (QED) is 0.0862. The fraction of sp³-hybridized carbons (Fsp3) is 0.353. The van der Waals surface area contributed by atoms with Crippen LogP contribution in [0.3, 0.4) is 0 Å². The number of oxime groups is 1. The lowest BCUT2D eigenvalue weighted by Gasteiger charge is -2.23. The van der Waals surface area contributed by atoms with Crippen molar-refractivity contribution < 1.29 is 19.2 Å². The minimum atomic E-state index is -0.558. The molecule has 0 aliphatic heterocycles. The van der Waals surface area contributed by atoms with Gasteiger partial charge in [-0.15, -0.1) is 0 Å². The summed E-state index contributed by atoms with van der Waals surface area (Å²) in [5.41, 5.74) is 0.134. The number of rotatable bonds is 9. The van der Waals surface area contributed by atoms with Crippen molar-refractivity contribution >= 4 is 33.3 Å². The molecule has 168 valence electrons. The first kappa shape index (κ1) is 23.9. The summed E-state index contributed by atoms with van der Waals surface area (Å²) < 4.78 is 18.3. The van der Waals surface area contributed by atoms with Gasteiger partial charge in [0, 0.05) is 24.3 Å². The van der Waals surface area contributed by atoms with Gasteiger partial charge in [0.1, 0.15) is 5.82 Å². The van der Waals surface area contributed by atoms with Crippen LogP contribution in [0, 0.1) is 15.9 Å². The SMILES string of the molecule is CC(C)(C)NC(=C[N+](=O)[O-])NCCNc1nonc1C(=NO)Nc1ccc(F)c(Br)c1. The molecule has 0 aliphatic carbocycles. The van der Waals surface area contributed by atoms with Crippen LogP contribution in [0.5, 0.6) is 0 Å². The molecule has 1 aromatic carbocycles. The van der Waals surface area contributed by atoms with Crippen LogP contribution in [0.25, 0.3) is 0 Å². The topological polar surface area (TPSA) is 163 Å². The van der Waals surface area contributed by atoms with E-state index in [1.165, 1.54) is 18.2 Å². The normalized spacial score (nSPS) is 12.4. The average Bonchev–Trinajstić information content (AvgIpc) is 3.12. The van der Waals surface area contributed by atoms with E-state index in [0.29, 0.717) is 12.2 Å². The van der Waals surface area contributed by atoms with Crippen LogP contribution < -0.4 is 21.3 Å². The third kappa shape index (κ3) is 7.73. The maximum atomic E-state index is 13.4. The highest BCUT2D eigenvalue weighted by molar-refractivity contribution is 9.10. The number of hydrogen-bond acceptors (Lipinski definition) is 10. The van der Waals surface area contributed by atoms with Crippen molar-refractivity contribution in [1.29, 1.82) is 0 Å². The van der Waals surface area contributed by atoms with Crippen LogP contribution in [-0.2, 0) is 0 Å². The summed E-state index contributed by atoms with van der Waals surface area (Å²) in [7, 11) is 0. The van der Waals surface area contributed by atoms with E-state index in [1.54, 1.807) is 0 Å². The lowest BCUT2D eigenvalue weighted by atomic mass is 10.1. The number of nitrogens with one attached hydrogen (secondary N) is 4. The van der Waals surface area contributed by atoms with Gasteiger partial charge in [0.15, 0.2) is 11.5 Å². The Morgan fingerprint density at radius 2 is 2.13 bits per heavy atom. The van der Waals surface area contributed by atoms with Crippen molar-refractivity contribution in [3.8, 4) is 0 Å². The van der Waals surface area contributed by atoms with Crippen molar-refractivity contribution in [1.82, 2.24) is 20.9 Å². The Balaban J connectivity index is 1.99. The molecule has 0 saturated heterocycles. The van der Waals surface area contributed by atoms with E-state index in [0.717, 1.165) is 6.20 Å². The lowest BCUT2D eigenvalue weighted by molar-refractivity contribution is -0.404. The summed E-state index contributed by atoms with van der Waals surface area (Å²) in [4.78, 5) is 10.2. The van der Waals surface area contributed by atoms with Crippen LogP contribution in [-0.4, -0.2) is 44.9 Å². The van der Waals surface area contributed by atoms with Gasteiger partial charge in [-0.3, -0.25) is 10.1 Å². The predicted molar refractivity (Wildman–Crippen MR) is 115 cm³/mol. The molecule has 0 fully saturated rings. The minimum Gasteiger partial charge on any atom is -0.409 e. The molecular weight excluding hydrogens is 479 g/mol. The van der Waals surface area contributed by atoms with Gasteiger partial charge >= 0.3 is 0 Å². The van der Waals surface area contributed by atoms with Gasteiger partial charge in [-0.05, 0) is 65.2 Å². The van der Waals surface area contributed by atoms with Crippen molar-refractivity contribution in [2.24, 2.45) is 5.16 Å². The first-order valence-corrected chi connectivity index (χ1v) is 9.76. The van der Waals surface area contributed by atoms with Crippen molar-refractivity contribution in [2.45, 2.75) is 26.3 Å². The second-order valence-corrected chi connectivity index (χ2v) is 8.07. The smallest absolute Gasteiger partial charge is 0.274 e. The van der Waals surface area contributed by atoms with E-state index in [2.05, 4.69) is 52.7 Å². The monoisotopic (exact) mass is 500 g/mol. The molecule has 1 heterocycles. The van der Waals surface area contributed by atoms with E-state index in [1.807, 2.05) is 20.8 Å². The molecule has 0 atom stereocenters. The molecule has 0 aliphatic rings. The third-order valence-corrected chi connectivity index (χ3v) is 4.08. The van der Waals surface area contributed by atoms with Crippen LogP contribution >= 0.6 is 15.9 Å². The molecule has 0 bridgehead atoms. The fourth-order valence-corrected chi connectivity index (χ4v) is 2.69. The van der Waals surface area contributed by atoms with E-state index in [9.17, 15) is 19.7 Å². The largest absolute Gasteiger partial charge is 0.409 e. The van der Waals surface area contributed by atoms with Crippen LogP contribution in [0.2, 0.25) is 0 Å². The summed E-state index contributed by atoms with van der Waals surface area (Å²) in [6.07, 6.45) is 0.843. The zero-order valence-corrected chi connectivity index (χ0v) is 18.5. The summed E-state index contributed by atoms with van der Waals surface area (Å²) in [6, 6.07) is 4.13. The van der Waals surface area contributed by atoms with E-state index < -0.39 is 10.7 Å². The third-order valence-electron chi connectivity index (χ3n) is 3.47. The highest BCUT2D eigenvalue weighted by atomic mass is 79.9. The highest BCUT2D eigenvalue weighted by Gasteiger charge is 2.18. The second kappa shape index (κ2) is 10.6. The molecule has 0 radical (unpaired) electrons. The Kier molecular flexibility index (Phi) is 8.13. The highest BCUT2D eigenvalue weighted by Crippen LogP contribution is 2.21. The number of anilines is 2. The van der Waals surface area contributed by atoms with Crippen LogP contribution in [0.1, 0.15) is 26.5 Å². The van der Waals surface area contributed by atoms with Gasteiger partial charge in [-0.25, -0.2) is 9.02 Å².